The van der Waals surface area contributed by atoms with Gasteiger partial charge >= 0.3 is 6.36 Å². The molecule has 0 saturated carbocycles. The fourth-order valence-corrected chi connectivity index (χ4v) is 1.62. The molecule has 2 aromatic rings. The van der Waals surface area contributed by atoms with Crippen LogP contribution in [0.1, 0.15) is 15.9 Å². The molecule has 0 aliphatic rings. The summed E-state index contributed by atoms with van der Waals surface area (Å²) in [4.78, 5) is 14.5. The van der Waals surface area contributed by atoms with E-state index in [1.54, 1.807) is 18.2 Å². The first-order valence-corrected chi connectivity index (χ1v) is 5.96. The van der Waals surface area contributed by atoms with Crippen molar-refractivity contribution in [1.82, 2.24) is 4.98 Å². The Morgan fingerprint density at radius 2 is 2.05 bits per heavy atom. The number of ether oxygens (including phenoxy) is 1. The largest absolute Gasteiger partial charge is 0.573 e. The highest BCUT2D eigenvalue weighted by molar-refractivity contribution is 5.74. The van der Waals surface area contributed by atoms with E-state index in [9.17, 15) is 18.0 Å². The van der Waals surface area contributed by atoms with Crippen LogP contribution in [0, 0.1) is 0 Å². The van der Waals surface area contributed by atoms with Gasteiger partial charge in [0, 0.05) is 18.3 Å². The van der Waals surface area contributed by atoms with Crippen molar-refractivity contribution in [2.45, 2.75) is 12.9 Å². The van der Waals surface area contributed by atoms with Crippen molar-refractivity contribution < 1.29 is 22.7 Å². The molecule has 1 aromatic heterocycles. The number of carbonyl (C=O) groups excluding carboxylic acids is 1. The number of pyridine rings is 1. The third kappa shape index (κ3) is 4.79. The Bertz CT molecular complexity index is 612. The van der Waals surface area contributed by atoms with Gasteiger partial charge in [0.15, 0.2) is 6.29 Å². The highest BCUT2D eigenvalue weighted by atomic mass is 19.4. The van der Waals surface area contributed by atoms with Gasteiger partial charge in [0.25, 0.3) is 0 Å². The normalized spacial score (nSPS) is 11.0. The van der Waals surface area contributed by atoms with E-state index >= 15 is 0 Å². The number of hydrogen-bond acceptors (Lipinski definition) is 4. The molecular weight excluding hydrogens is 285 g/mol. The molecule has 1 aromatic carbocycles. The van der Waals surface area contributed by atoms with E-state index in [0.717, 1.165) is 0 Å². The van der Waals surface area contributed by atoms with Crippen molar-refractivity contribution >= 4 is 12.1 Å². The van der Waals surface area contributed by atoms with E-state index in [1.165, 1.54) is 24.4 Å². The molecule has 0 fully saturated rings. The Labute approximate surface area is 118 Å². The molecule has 21 heavy (non-hydrogen) atoms. The lowest BCUT2D eigenvalue weighted by Gasteiger charge is -2.10. The van der Waals surface area contributed by atoms with Gasteiger partial charge in [-0.15, -0.1) is 13.2 Å². The summed E-state index contributed by atoms with van der Waals surface area (Å²) in [7, 11) is 0. The second-order valence-corrected chi connectivity index (χ2v) is 4.14. The number of anilines is 1. The summed E-state index contributed by atoms with van der Waals surface area (Å²) in [6.07, 6.45) is -2.63. The summed E-state index contributed by atoms with van der Waals surface area (Å²) in [5.41, 5.74) is 1.05. The summed E-state index contributed by atoms with van der Waals surface area (Å²) < 4.78 is 40.2. The van der Waals surface area contributed by atoms with E-state index in [-0.39, 0.29) is 12.3 Å². The van der Waals surface area contributed by atoms with Gasteiger partial charge < -0.3 is 10.1 Å². The SMILES string of the molecule is O=Cc1ccc(NCc2cccc(OC(F)(F)F)c2)nc1. The molecule has 0 aliphatic heterocycles. The average molecular weight is 296 g/mol. The Hall–Kier alpha value is -2.57. The molecule has 0 saturated heterocycles. The first-order chi connectivity index (χ1) is 9.96. The van der Waals surface area contributed by atoms with E-state index in [4.69, 9.17) is 0 Å². The minimum absolute atomic E-state index is 0.272. The average Bonchev–Trinajstić information content (AvgIpc) is 2.44. The predicted molar refractivity (Wildman–Crippen MR) is 70.1 cm³/mol. The minimum atomic E-state index is -4.71. The molecule has 7 heteroatoms. The number of aldehydes is 1. The second kappa shape index (κ2) is 6.25. The first-order valence-electron chi connectivity index (χ1n) is 5.96. The zero-order valence-electron chi connectivity index (χ0n) is 10.7. The van der Waals surface area contributed by atoms with Crippen LogP contribution in [0.2, 0.25) is 0 Å². The number of hydrogen-bond donors (Lipinski definition) is 1. The van der Waals surface area contributed by atoms with Gasteiger partial charge in [0.1, 0.15) is 11.6 Å². The Morgan fingerprint density at radius 3 is 2.67 bits per heavy atom. The zero-order chi connectivity index (χ0) is 15.3. The van der Waals surface area contributed by atoms with E-state index in [1.807, 2.05) is 0 Å². The molecule has 0 aliphatic carbocycles. The molecule has 0 atom stereocenters. The number of benzene rings is 1. The highest BCUT2D eigenvalue weighted by Crippen LogP contribution is 2.23. The Balaban J connectivity index is 1.99. The monoisotopic (exact) mass is 296 g/mol. The molecule has 0 amide bonds. The van der Waals surface area contributed by atoms with Crippen LogP contribution in [0.15, 0.2) is 42.6 Å². The van der Waals surface area contributed by atoms with Gasteiger partial charge in [-0.2, -0.15) is 0 Å². The van der Waals surface area contributed by atoms with Crippen molar-refractivity contribution in [2.24, 2.45) is 0 Å². The quantitative estimate of drug-likeness (QED) is 0.859. The van der Waals surface area contributed by atoms with E-state index in [0.29, 0.717) is 23.2 Å². The molecule has 1 N–H and O–H groups in total. The van der Waals surface area contributed by atoms with Crippen LogP contribution in [0.25, 0.3) is 0 Å². The van der Waals surface area contributed by atoms with Crippen molar-refractivity contribution in [3.8, 4) is 5.75 Å². The molecule has 0 spiro atoms. The maximum atomic E-state index is 12.1. The van der Waals surface area contributed by atoms with Gasteiger partial charge in [-0.05, 0) is 29.8 Å². The van der Waals surface area contributed by atoms with E-state index in [2.05, 4.69) is 15.0 Å². The standard InChI is InChI=1S/C14H11F3N2O2/c15-14(16,17)21-12-3-1-2-10(6-12)7-18-13-5-4-11(9-20)8-19-13/h1-6,8-9H,7H2,(H,18,19). The molecule has 4 nitrogen and oxygen atoms in total. The third-order valence-electron chi connectivity index (χ3n) is 2.53. The number of alkyl halides is 3. The highest BCUT2D eigenvalue weighted by Gasteiger charge is 2.31. The number of nitrogens with zero attached hydrogens (tertiary/aromatic N) is 1. The molecule has 110 valence electrons. The fourth-order valence-electron chi connectivity index (χ4n) is 1.62. The summed E-state index contributed by atoms with van der Waals surface area (Å²) in [5, 5.41) is 2.94. The Morgan fingerprint density at radius 1 is 1.24 bits per heavy atom. The fraction of sp³-hybridized carbons (Fsp3) is 0.143. The molecule has 2 rings (SSSR count). The molecule has 1 heterocycles. The number of halogens is 3. The van der Waals surface area contributed by atoms with Crippen molar-refractivity contribution in [3.63, 3.8) is 0 Å². The van der Waals surface area contributed by atoms with Gasteiger partial charge in [0.05, 0.1) is 0 Å². The van der Waals surface area contributed by atoms with Crippen LogP contribution in [-0.2, 0) is 6.54 Å². The summed E-state index contributed by atoms with van der Waals surface area (Å²) in [6.45, 7) is 0.280. The number of carbonyl (C=O) groups is 1. The van der Waals surface area contributed by atoms with Crippen molar-refractivity contribution in [2.75, 3.05) is 5.32 Å². The lowest BCUT2D eigenvalue weighted by atomic mass is 10.2. The number of aromatic nitrogens is 1. The van der Waals surface area contributed by atoms with Gasteiger partial charge in [0.2, 0.25) is 0 Å². The summed E-state index contributed by atoms with van der Waals surface area (Å²) >= 11 is 0. The number of rotatable bonds is 5. The minimum Gasteiger partial charge on any atom is -0.406 e. The second-order valence-electron chi connectivity index (χ2n) is 4.14. The maximum Gasteiger partial charge on any atom is 0.573 e. The molecular formula is C14H11F3N2O2. The third-order valence-corrected chi connectivity index (χ3v) is 2.53. The van der Waals surface area contributed by atoms with Crippen LogP contribution in [0.3, 0.4) is 0 Å². The summed E-state index contributed by atoms with van der Waals surface area (Å²) in [6, 6.07) is 8.86. The molecule has 0 unspecified atom stereocenters. The first kappa shape index (κ1) is 14.8. The molecule has 0 bridgehead atoms. The van der Waals surface area contributed by atoms with Crippen LogP contribution in [0.4, 0.5) is 19.0 Å². The van der Waals surface area contributed by atoms with Gasteiger partial charge in [-0.25, -0.2) is 4.98 Å². The Kier molecular flexibility index (Phi) is 4.42. The van der Waals surface area contributed by atoms with Crippen LogP contribution >= 0.6 is 0 Å². The lowest BCUT2D eigenvalue weighted by molar-refractivity contribution is -0.274. The topological polar surface area (TPSA) is 51.2 Å². The smallest absolute Gasteiger partial charge is 0.406 e. The lowest BCUT2D eigenvalue weighted by Crippen LogP contribution is -2.17. The van der Waals surface area contributed by atoms with Crippen LogP contribution in [0.5, 0.6) is 5.75 Å². The maximum absolute atomic E-state index is 12.1. The van der Waals surface area contributed by atoms with Crippen LogP contribution in [-0.4, -0.2) is 17.6 Å². The van der Waals surface area contributed by atoms with Crippen molar-refractivity contribution in [3.05, 3.63) is 53.7 Å². The van der Waals surface area contributed by atoms with Crippen LogP contribution < -0.4 is 10.1 Å². The van der Waals surface area contributed by atoms with Gasteiger partial charge in [-0.1, -0.05) is 12.1 Å². The summed E-state index contributed by atoms with van der Waals surface area (Å²) in [5.74, 6) is 0.244. The van der Waals surface area contributed by atoms with Gasteiger partial charge in [-0.3, -0.25) is 4.79 Å². The van der Waals surface area contributed by atoms with E-state index < -0.39 is 6.36 Å². The predicted octanol–water partition coefficient (Wildman–Crippen LogP) is 3.40. The zero-order valence-corrected chi connectivity index (χ0v) is 10.7. The molecule has 0 radical (unpaired) electrons. The van der Waals surface area contributed by atoms with Crippen molar-refractivity contribution in [1.29, 1.82) is 0 Å². The number of nitrogens with one attached hydrogen (secondary N) is 1.